The zero-order valence-corrected chi connectivity index (χ0v) is 16.1. The molecular formula is C20H25NO3Si. The van der Waals surface area contributed by atoms with Crippen molar-refractivity contribution in [2.24, 2.45) is 0 Å². The van der Waals surface area contributed by atoms with Crippen LogP contribution in [0.25, 0.3) is 27.9 Å². The zero-order valence-electron chi connectivity index (χ0n) is 15.1. The van der Waals surface area contributed by atoms with Gasteiger partial charge in [0.05, 0.1) is 5.52 Å². The predicted molar refractivity (Wildman–Crippen MR) is 106 cm³/mol. The Balaban J connectivity index is 2.47. The van der Waals surface area contributed by atoms with Crippen molar-refractivity contribution in [3.8, 4) is 0 Å². The van der Waals surface area contributed by atoms with Gasteiger partial charge in [0.2, 0.25) is 0 Å². The summed E-state index contributed by atoms with van der Waals surface area (Å²) in [4.78, 5) is 0. The molecule has 0 saturated heterocycles. The first-order valence-corrected chi connectivity index (χ1v) is 10.5. The van der Waals surface area contributed by atoms with Crippen LogP contribution >= 0.6 is 0 Å². The van der Waals surface area contributed by atoms with Crippen molar-refractivity contribution in [3.05, 3.63) is 54.6 Å². The first kappa shape index (κ1) is 17.9. The highest BCUT2D eigenvalue weighted by Gasteiger charge is 2.47. The van der Waals surface area contributed by atoms with E-state index in [1.165, 1.54) is 0 Å². The summed E-state index contributed by atoms with van der Waals surface area (Å²) >= 11 is 0. The zero-order chi connectivity index (χ0) is 17.9. The summed E-state index contributed by atoms with van der Waals surface area (Å²) in [6.45, 7) is 11.5. The van der Waals surface area contributed by atoms with Crippen LogP contribution in [0, 0.1) is 0 Å². The van der Waals surface area contributed by atoms with Crippen LogP contribution in [0.4, 0.5) is 0 Å². The van der Waals surface area contributed by atoms with Crippen LogP contribution < -0.4 is 0 Å². The Morgan fingerprint density at radius 3 is 2.08 bits per heavy atom. The molecule has 4 nitrogen and oxygen atoms in total. The van der Waals surface area contributed by atoms with Crippen molar-refractivity contribution < 1.29 is 13.3 Å². The number of aromatic nitrogens is 1. The number of hydrogen-bond donors (Lipinski definition) is 0. The van der Waals surface area contributed by atoms with Gasteiger partial charge in [0.15, 0.2) is 0 Å². The summed E-state index contributed by atoms with van der Waals surface area (Å²) in [6, 6.07) is 14.6. The smallest absolute Gasteiger partial charge is 0.357 e. The number of fused-ring (bicyclic) bond motifs is 3. The van der Waals surface area contributed by atoms with Crippen molar-refractivity contribution in [1.29, 1.82) is 0 Å². The normalized spacial score (nSPS) is 12.1. The second kappa shape index (κ2) is 7.54. The quantitative estimate of drug-likeness (QED) is 0.543. The standard InChI is InChI=1S/C20H25NO3Si/c1-5-16-12-11-14-18-17-13-9-10-15-19(17)21(20(16)18)25(22-6-2,23-7-3)24-8-4/h5,9-15H,1,6-8H2,2-4H3. The van der Waals surface area contributed by atoms with Gasteiger partial charge in [0.25, 0.3) is 0 Å². The van der Waals surface area contributed by atoms with Gasteiger partial charge in [0.1, 0.15) is 0 Å². The van der Waals surface area contributed by atoms with Gasteiger partial charge in [-0.3, -0.25) is 4.23 Å². The third-order valence-electron chi connectivity index (χ3n) is 4.20. The molecule has 2 aromatic carbocycles. The molecule has 0 atom stereocenters. The van der Waals surface area contributed by atoms with Crippen molar-refractivity contribution in [2.45, 2.75) is 20.8 Å². The SMILES string of the molecule is C=Cc1cccc2c3ccccc3n([Si](OCC)(OCC)OCC)c12. The Morgan fingerprint density at radius 2 is 1.48 bits per heavy atom. The summed E-state index contributed by atoms with van der Waals surface area (Å²) < 4.78 is 20.7. The van der Waals surface area contributed by atoms with Crippen LogP contribution in [0.5, 0.6) is 0 Å². The topological polar surface area (TPSA) is 32.6 Å². The van der Waals surface area contributed by atoms with Gasteiger partial charge in [-0.05, 0) is 32.4 Å². The molecule has 0 bridgehead atoms. The Hall–Kier alpha value is -1.92. The molecule has 5 heteroatoms. The fourth-order valence-electron chi connectivity index (χ4n) is 3.36. The minimum Gasteiger partial charge on any atom is -0.357 e. The second-order valence-electron chi connectivity index (χ2n) is 5.62. The van der Waals surface area contributed by atoms with E-state index in [9.17, 15) is 0 Å². The van der Waals surface area contributed by atoms with Crippen molar-refractivity contribution in [3.63, 3.8) is 0 Å². The highest BCUT2D eigenvalue weighted by molar-refractivity contribution is 6.61. The number of para-hydroxylation sites is 2. The molecule has 0 saturated carbocycles. The summed E-state index contributed by atoms with van der Waals surface area (Å²) in [5, 5.41) is 2.32. The van der Waals surface area contributed by atoms with E-state index in [1.54, 1.807) is 0 Å². The van der Waals surface area contributed by atoms with E-state index in [2.05, 4.69) is 47.2 Å². The van der Waals surface area contributed by atoms with E-state index >= 15 is 0 Å². The average molecular weight is 356 g/mol. The monoisotopic (exact) mass is 355 g/mol. The average Bonchev–Trinajstić information content (AvgIpc) is 2.97. The molecule has 0 aliphatic heterocycles. The molecule has 0 aliphatic rings. The van der Waals surface area contributed by atoms with Crippen LogP contribution in [0.3, 0.4) is 0 Å². The van der Waals surface area contributed by atoms with E-state index in [0.717, 1.165) is 27.4 Å². The van der Waals surface area contributed by atoms with Crippen LogP contribution in [-0.4, -0.2) is 33.0 Å². The Bertz CT molecular complexity index is 870. The van der Waals surface area contributed by atoms with E-state index in [-0.39, 0.29) is 0 Å². The number of rotatable bonds is 8. The third kappa shape index (κ3) is 2.93. The number of benzene rings is 2. The van der Waals surface area contributed by atoms with Gasteiger partial charge in [-0.25, -0.2) is 0 Å². The van der Waals surface area contributed by atoms with Gasteiger partial charge < -0.3 is 13.3 Å². The molecule has 0 unspecified atom stereocenters. The van der Waals surface area contributed by atoms with Gasteiger partial charge in [-0.1, -0.05) is 49.1 Å². The first-order valence-electron chi connectivity index (χ1n) is 8.79. The lowest BCUT2D eigenvalue weighted by atomic mass is 10.1. The summed E-state index contributed by atoms with van der Waals surface area (Å²) in [6.07, 6.45) is 1.88. The molecule has 0 aliphatic carbocycles. The Morgan fingerprint density at radius 1 is 0.880 bits per heavy atom. The van der Waals surface area contributed by atoms with Crippen molar-refractivity contribution >= 4 is 36.8 Å². The van der Waals surface area contributed by atoms with Crippen molar-refractivity contribution in [1.82, 2.24) is 4.23 Å². The Labute approximate surface area is 150 Å². The summed E-state index contributed by atoms with van der Waals surface area (Å²) in [7, 11) is -3.13. The molecular weight excluding hydrogens is 330 g/mol. The second-order valence-corrected chi connectivity index (χ2v) is 7.98. The van der Waals surface area contributed by atoms with E-state index in [0.29, 0.717) is 19.8 Å². The maximum atomic E-state index is 6.19. The molecule has 1 aromatic heterocycles. The van der Waals surface area contributed by atoms with E-state index in [4.69, 9.17) is 13.3 Å². The molecule has 132 valence electrons. The third-order valence-corrected chi connectivity index (χ3v) is 7.17. The maximum absolute atomic E-state index is 6.19. The van der Waals surface area contributed by atoms with Gasteiger partial charge in [-0.15, -0.1) is 0 Å². The lowest BCUT2D eigenvalue weighted by molar-refractivity contribution is 0.0640. The minimum atomic E-state index is -3.13. The van der Waals surface area contributed by atoms with Crippen molar-refractivity contribution in [2.75, 3.05) is 19.8 Å². The molecule has 0 amide bonds. The highest BCUT2D eigenvalue weighted by atomic mass is 28.4. The molecule has 3 aromatic rings. The lowest BCUT2D eigenvalue weighted by Gasteiger charge is -2.30. The lowest BCUT2D eigenvalue weighted by Crippen LogP contribution is -2.53. The maximum Gasteiger partial charge on any atom is 0.638 e. The number of hydrogen-bond acceptors (Lipinski definition) is 3. The molecule has 0 N–H and O–H groups in total. The van der Waals surface area contributed by atoms with Crippen LogP contribution in [0.15, 0.2) is 49.0 Å². The fraction of sp³-hybridized carbons (Fsp3) is 0.300. The van der Waals surface area contributed by atoms with Crippen LogP contribution in [0.1, 0.15) is 26.3 Å². The van der Waals surface area contributed by atoms with Crippen LogP contribution in [-0.2, 0) is 13.3 Å². The first-order chi connectivity index (χ1) is 12.2. The molecule has 3 rings (SSSR count). The van der Waals surface area contributed by atoms with E-state index in [1.807, 2.05) is 32.9 Å². The minimum absolute atomic E-state index is 0.524. The fourth-order valence-corrected chi connectivity index (χ4v) is 6.11. The molecule has 0 fully saturated rings. The predicted octanol–water partition coefficient (Wildman–Crippen LogP) is 4.83. The van der Waals surface area contributed by atoms with E-state index < -0.39 is 8.97 Å². The summed E-state index contributed by atoms with van der Waals surface area (Å²) in [5.41, 5.74) is 3.17. The Kier molecular flexibility index (Phi) is 5.39. The van der Waals surface area contributed by atoms with Gasteiger partial charge >= 0.3 is 8.97 Å². The molecule has 0 radical (unpaired) electrons. The van der Waals surface area contributed by atoms with Gasteiger partial charge in [0, 0.05) is 36.1 Å². The highest BCUT2D eigenvalue weighted by Crippen LogP contribution is 2.35. The van der Waals surface area contributed by atoms with Gasteiger partial charge in [-0.2, -0.15) is 0 Å². The van der Waals surface area contributed by atoms with Crippen LogP contribution in [0.2, 0.25) is 0 Å². The number of nitrogens with zero attached hydrogens (tertiary/aromatic N) is 1. The largest absolute Gasteiger partial charge is 0.638 e. The molecule has 0 spiro atoms. The molecule has 1 heterocycles. The summed E-state index contributed by atoms with van der Waals surface area (Å²) in [5.74, 6) is 0. The molecule has 25 heavy (non-hydrogen) atoms.